The van der Waals surface area contributed by atoms with Crippen molar-refractivity contribution in [2.24, 2.45) is 5.73 Å². The largest absolute Gasteiger partial charge is 0.497 e. The molecule has 0 fully saturated rings. The van der Waals surface area contributed by atoms with Crippen molar-refractivity contribution in [3.05, 3.63) is 29.8 Å². The van der Waals surface area contributed by atoms with Crippen LogP contribution in [-0.4, -0.2) is 26.2 Å². The molecular weight excluding hydrogens is 242 g/mol. The predicted octanol–water partition coefficient (Wildman–Crippen LogP) is 1.55. The highest BCUT2D eigenvalue weighted by Gasteiger charge is 2.10. The molecule has 5 heteroatoms. The van der Waals surface area contributed by atoms with E-state index in [1.165, 1.54) is 7.11 Å². The van der Waals surface area contributed by atoms with Crippen molar-refractivity contribution in [3.8, 4) is 5.75 Å². The zero-order chi connectivity index (χ0) is 12.0. The summed E-state index contributed by atoms with van der Waals surface area (Å²) in [5, 5.41) is 0. The van der Waals surface area contributed by atoms with Gasteiger partial charge >= 0.3 is 5.97 Å². The molecule has 0 heterocycles. The quantitative estimate of drug-likeness (QED) is 0.815. The number of ether oxygens (including phenoxy) is 2. The summed E-state index contributed by atoms with van der Waals surface area (Å²) in [4.78, 5) is 11.0. The standard InChI is InChI=1S/C12H17NO3.ClH/c1-15-11-5-3-9(4-6-11)7-10(13)8-12(14)16-2;/h3-6,10H,7-8,13H2,1-2H3;1H/t10-;/m1./s1. The smallest absolute Gasteiger partial charge is 0.307 e. The summed E-state index contributed by atoms with van der Waals surface area (Å²) in [7, 11) is 2.99. The van der Waals surface area contributed by atoms with Crippen LogP contribution in [0.5, 0.6) is 5.75 Å². The molecule has 1 rings (SSSR count). The van der Waals surface area contributed by atoms with E-state index >= 15 is 0 Å². The lowest BCUT2D eigenvalue weighted by Gasteiger charge is -2.10. The van der Waals surface area contributed by atoms with Gasteiger partial charge in [0.2, 0.25) is 0 Å². The number of benzene rings is 1. The fraction of sp³-hybridized carbons (Fsp3) is 0.417. The summed E-state index contributed by atoms with van der Waals surface area (Å²) in [6.07, 6.45) is 0.890. The van der Waals surface area contributed by atoms with Crippen LogP contribution in [0, 0.1) is 0 Å². The van der Waals surface area contributed by atoms with Crippen molar-refractivity contribution in [1.29, 1.82) is 0 Å². The van der Waals surface area contributed by atoms with Crippen LogP contribution in [0.25, 0.3) is 0 Å². The number of rotatable bonds is 5. The highest BCUT2D eigenvalue weighted by atomic mass is 35.5. The third-order valence-corrected chi connectivity index (χ3v) is 2.31. The molecule has 1 aromatic carbocycles. The summed E-state index contributed by atoms with van der Waals surface area (Å²) < 4.78 is 9.61. The number of hydrogen-bond acceptors (Lipinski definition) is 4. The minimum atomic E-state index is -0.277. The van der Waals surface area contributed by atoms with Crippen LogP contribution in [0.1, 0.15) is 12.0 Å². The second kappa shape index (κ2) is 7.92. The Bertz CT molecular complexity index is 340. The average Bonchev–Trinajstić information content (AvgIpc) is 2.29. The predicted molar refractivity (Wildman–Crippen MR) is 68.6 cm³/mol. The molecule has 0 unspecified atom stereocenters. The van der Waals surface area contributed by atoms with Crippen LogP contribution in [0.3, 0.4) is 0 Å². The van der Waals surface area contributed by atoms with Gasteiger partial charge in [-0.3, -0.25) is 4.79 Å². The Hall–Kier alpha value is -1.26. The third kappa shape index (κ3) is 5.56. The molecule has 96 valence electrons. The third-order valence-electron chi connectivity index (χ3n) is 2.31. The Morgan fingerprint density at radius 3 is 2.35 bits per heavy atom. The number of carbonyl (C=O) groups is 1. The molecule has 0 spiro atoms. The van der Waals surface area contributed by atoms with Gasteiger partial charge < -0.3 is 15.2 Å². The molecule has 4 nitrogen and oxygen atoms in total. The lowest BCUT2D eigenvalue weighted by molar-refractivity contribution is -0.140. The summed E-state index contributed by atoms with van der Waals surface area (Å²) in [6, 6.07) is 7.42. The number of nitrogens with two attached hydrogens (primary N) is 1. The maximum atomic E-state index is 11.0. The normalized spacial score (nSPS) is 11.2. The average molecular weight is 260 g/mol. The van der Waals surface area contributed by atoms with Gasteiger partial charge in [0.25, 0.3) is 0 Å². The Balaban J connectivity index is 0.00000256. The summed E-state index contributed by atoms with van der Waals surface area (Å²) in [6.45, 7) is 0. The van der Waals surface area contributed by atoms with E-state index in [9.17, 15) is 4.79 Å². The highest BCUT2D eigenvalue weighted by molar-refractivity contribution is 5.85. The molecule has 0 radical (unpaired) electrons. The van der Waals surface area contributed by atoms with Gasteiger partial charge in [-0.1, -0.05) is 12.1 Å². The number of carbonyl (C=O) groups excluding carboxylic acids is 1. The Labute approximate surface area is 108 Å². The van der Waals surface area contributed by atoms with E-state index in [2.05, 4.69) is 4.74 Å². The van der Waals surface area contributed by atoms with Crippen LogP contribution in [0.4, 0.5) is 0 Å². The van der Waals surface area contributed by atoms with Crippen LogP contribution in [0.15, 0.2) is 24.3 Å². The first-order valence-corrected chi connectivity index (χ1v) is 5.11. The molecule has 0 aliphatic heterocycles. The van der Waals surface area contributed by atoms with Crippen LogP contribution in [-0.2, 0) is 16.0 Å². The monoisotopic (exact) mass is 259 g/mol. The molecule has 1 atom stereocenters. The summed E-state index contributed by atoms with van der Waals surface area (Å²) >= 11 is 0. The first kappa shape index (κ1) is 15.7. The SMILES string of the molecule is COC(=O)C[C@H](N)Cc1ccc(OC)cc1.Cl. The maximum Gasteiger partial charge on any atom is 0.307 e. The molecule has 0 aliphatic carbocycles. The topological polar surface area (TPSA) is 61.5 Å². The van der Waals surface area contributed by atoms with Crippen molar-refractivity contribution in [2.75, 3.05) is 14.2 Å². The molecule has 0 aromatic heterocycles. The summed E-state index contributed by atoms with van der Waals surface area (Å²) in [5.74, 6) is 0.534. The molecule has 2 N–H and O–H groups in total. The van der Waals surface area contributed by atoms with E-state index in [1.807, 2.05) is 24.3 Å². The minimum absolute atomic E-state index is 0. The Morgan fingerprint density at radius 2 is 1.88 bits per heavy atom. The Kier molecular flexibility index (Phi) is 7.34. The van der Waals surface area contributed by atoms with Crippen molar-refractivity contribution in [2.45, 2.75) is 18.9 Å². The number of halogens is 1. The minimum Gasteiger partial charge on any atom is -0.497 e. The Morgan fingerprint density at radius 1 is 1.29 bits per heavy atom. The van der Waals surface area contributed by atoms with Crippen LogP contribution in [0.2, 0.25) is 0 Å². The van der Waals surface area contributed by atoms with Gasteiger partial charge in [0.15, 0.2) is 0 Å². The van der Waals surface area contributed by atoms with Gasteiger partial charge in [0.1, 0.15) is 5.75 Å². The van der Waals surface area contributed by atoms with Gasteiger partial charge in [-0.15, -0.1) is 12.4 Å². The molecule has 1 aromatic rings. The zero-order valence-electron chi connectivity index (χ0n) is 10.0. The van der Waals surface area contributed by atoms with E-state index < -0.39 is 0 Å². The van der Waals surface area contributed by atoms with E-state index in [0.29, 0.717) is 6.42 Å². The van der Waals surface area contributed by atoms with E-state index in [4.69, 9.17) is 10.5 Å². The highest BCUT2D eigenvalue weighted by Crippen LogP contribution is 2.13. The number of esters is 1. The van der Waals surface area contributed by atoms with Crippen molar-refractivity contribution < 1.29 is 14.3 Å². The lowest BCUT2D eigenvalue weighted by Crippen LogP contribution is -2.26. The van der Waals surface area contributed by atoms with E-state index in [1.54, 1.807) is 7.11 Å². The molecule has 0 saturated carbocycles. The maximum absolute atomic E-state index is 11.0. The van der Waals surface area contributed by atoms with Crippen molar-refractivity contribution in [3.63, 3.8) is 0 Å². The number of hydrogen-bond donors (Lipinski definition) is 1. The van der Waals surface area contributed by atoms with Crippen molar-refractivity contribution >= 4 is 18.4 Å². The fourth-order valence-electron chi connectivity index (χ4n) is 1.43. The van der Waals surface area contributed by atoms with E-state index in [-0.39, 0.29) is 30.8 Å². The fourth-order valence-corrected chi connectivity index (χ4v) is 1.43. The van der Waals surface area contributed by atoms with Gasteiger partial charge in [-0.2, -0.15) is 0 Å². The molecule has 17 heavy (non-hydrogen) atoms. The van der Waals surface area contributed by atoms with Gasteiger partial charge in [0, 0.05) is 6.04 Å². The lowest BCUT2D eigenvalue weighted by atomic mass is 10.0. The molecular formula is C12H18ClNO3. The van der Waals surface area contributed by atoms with Crippen molar-refractivity contribution in [1.82, 2.24) is 0 Å². The molecule has 0 saturated heterocycles. The second-order valence-electron chi connectivity index (χ2n) is 3.59. The van der Waals surface area contributed by atoms with Crippen LogP contribution < -0.4 is 10.5 Å². The molecule has 0 aliphatic rings. The van der Waals surface area contributed by atoms with Gasteiger partial charge in [-0.25, -0.2) is 0 Å². The van der Waals surface area contributed by atoms with Gasteiger partial charge in [0.05, 0.1) is 20.6 Å². The van der Waals surface area contributed by atoms with Crippen LogP contribution >= 0.6 is 12.4 Å². The molecule has 0 bridgehead atoms. The van der Waals surface area contributed by atoms with E-state index in [0.717, 1.165) is 11.3 Å². The second-order valence-corrected chi connectivity index (χ2v) is 3.59. The first-order valence-electron chi connectivity index (χ1n) is 5.11. The molecule has 0 amide bonds. The van der Waals surface area contributed by atoms with Gasteiger partial charge in [-0.05, 0) is 24.1 Å². The first-order chi connectivity index (χ1) is 7.65. The summed E-state index contributed by atoms with van der Waals surface area (Å²) in [5.41, 5.74) is 6.90. The number of methoxy groups -OCH3 is 2. The zero-order valence-corrected chi connectivity index (χ0v) is 10.8.